The topological polar surface area (TPSA) is 40.6 Å². The molecule has 2 heterocycles. The Hall–Kier alpha value is -0.110. The number of halogens is 2. The lowest BCUT2D eigenvalue weighted by Crippen LogP contribution is -2.24. The van der Waals surface area contributed by atoms with Crippen molar-refractivity contribution in [1.29, 1.82) is 0 Å². The molecule has 0 spiro atoms. The lowest BCUT2D eigenvalue weighted by Gasteiger charge is -2.22. The molecule has 1 saturated heterocycles. The first-order chi connectivity index (χ1) is 8.74. The molecule has 1 atom stereocenters. The number of aromatic nitrogens is 1. The second kappa shape index (κ2) is 7.47. The van der Waals surface area contributed by atoms with E-state index < -0.39 is 0 Å². The number of pyridine rings is 1. The van der Waals surface area contributed by atoms with E-state index in [0.29, 0.717) is 24.2 Å². The lowest BCUT2D eigenvalue weighted by molar-refractivity contribution is -0.165. The van der Waals surface area contributed by atoms with Crippen molar-refractivity contribution < 1.29 is 14.2 Å². The van der Waals surface area contributed by atoms with Crippen LogP contribution in [0, 0.1) is 3.57 Å². The summed E-state index contributed by atoms with van der Waals surface area (Å²) < 4.78 is 17.5. The molecule has 1 unspecified atom stereocenters. The summed E-state index contributed by atoms with van der Waals surface area (Å²) in [5, 5.41) is 0.438. The van der Waals surface area contributed by atoms with Crippen LogP contribution >= 0.6 is 34.2 Å². The fourth-order valence-corrected chi connectivity index (χ4v) is 2.63. The molecule has 1 fully saturated rings. The third-order valence-electron chi connectivity index (χ3n) is 2.51. The minimum Gasteiger partial charge on any atom is -0.475 e. The lowest BCUT2D eigenvalue weighted by atomic mass is 10.2. The fourth-order valence-electron chi connectivity index (χ4n) is 1.69. The van der Waals surface area contributed by atoms with Gasteiger partial charge in [0, 0.05) is 16.2 Å². The van der Waals surface area contributed by atoms with Crippen LogP contribution in [0.15, 0.2) is 12.1 Å². The first-order valence-electron chi connectivity index (χ1n) is 5.93. The number of rotatable bonds is 5. The molecule has 6 heteroatoms. The zero-order valence-electron chi connectivity index (χ0n) is 9.90. The first kappa shape index (κ1) is 14.3. The average molecular weight is 384 g/mol. The van der Waals surface area contributed by atoms with E-state index in [1.54, 1.807) is 6.07 Å². The highest BCUT2D eigenvalue weighted by Crippen LogP contribution is 2.18. The van der Waals surface area contributed by atoms with Gasteiger partial charge in [-0.05, 0) is 47.9 Å². The van der Waals surface area contributed by atoms with Gasteiger partial charge in [0.15, 0.2) is 6.29 Å². The number of hydrogen-bond donors (Lipinski definition) is 0. The summed E-state index contributed by atoms with van der Waals surface area (Å²) in [5.41, 5.74) is 0. The van der Waals surface area contributed by atoms with Gasteiger partial charge in [0.05, 0.1) is 6.61 Å². The van der Waals surface area contributed by atoms with Gasteiger partial charge in [0.25, 0.3) is 0 Å². The second-order valence-electron chi connectivity index (χ2n) is 3.96. The van der Waals surface area contributed by atoms with Crippen molar-refractivity contribution in [2.75, 3.05) is 19.8 Å². The van der Waals surface area contributed by atoms with E-state index >= 15 is 0 Å². The summed E-state index contributed by atoms with van der Waals surface area (Å²) in [4.78, 5) is 4.07. The molecule has 0 aromatic carbocycles. The van der Waals surface area contributed by atoms with Crippen molar-refractivity contribution in [3.63, 3.8) is 0 Å². The van der Waals surface area contributed by atoms with Gasteiger partial charge in [0.1, 0.15) is 11.8 Å². The van der Waals surface area contributed by atoms with Gasteiger partial charge < -0.3 is 14.2 Å². The number of nitrogens with zero attached hydrogens (tertiary/aromatic N) is 1. The van der Waals surface area contributed by atoms with Crippen molar-refractivity contribution in [2.24, 2.45) is 0 Å². The van der Waals surface area contributed by atoms with Crippen LogP contribution in [-0.2, 0) is 9.47 Å². The predicted octanol–water partition coefficient (Wildman–Crippen LogP) is 3.26. The Morgan fingerprint density at radius 1 is 1.39 bits per heavy atom. The van der Waals surface area contributed by atoms with E-state index in [1.807, 2.05) is 6.07 Å². The molecule has 4 nitrogen and oxygen atoms in total. The molecule has 100 valence electrons. The maximum absolute atomic E-state index is 5.84. The van der Waals surface area contributed by atoms with Gasteiger partial charge in [0.2, 0.25) is 5.88 Å². The molecule has 18 heavy (non-hydrogen) atoms. The largest absolute Gasteiger partial charge is 0.475 e. The molecule has 1 aliphatic heterocycles. The van der Waals surface area contributed by atoms with E-state index in [1.165, 1.54) is 6.42 Å². The van der Waals surface area contributed by atoms with Crippen LogP contribution in [0.1, 0.15) is 19.3 Å². The summed E-state index contributed by atoms with van der Waals surface area (Å²) in [6, 6.07) is 3.62. The standard InChI is InChI=1S/C12H15ClINO3/c13-10-7-9(14)8-11(15-10)16-5-6-18-12-3-1-2-4-17-12/h7-8,12H,1-6H2. The second-order valence-corrected chi connectivity index (χ2v) is 5.59. The summed E-state index contributed by atoms with van der Waals surface area (Å²) in [6.45, 7) is 1.73. The fraction of sp³-hybridized carbons (Fsp3) is 0.583. The maximum atomic E-state index is 5.84. The Morgan fingerprint density at radius 3 is 3.00 bits per heavy atom. The van der Waals surface area contributed by atoms with Gasteiger partial charge in [-0.3, -0.25) is 0 Å². The van der Waals surface area contributed by atoms with E-state index in [-0.39, 0.29) is 6.29 Å². The third kappa shape index (κ3) is 4.87. The van der Waals surface area contributed by atoms with Crippen LogP contribution in [0.3, 0.4) is 0 Å². The monoisotopic (exact) mass is 383 g/mol. The smallest absolute Gasteiger partial charge is 0.215 e. The predicted molar refractivity (Wildman–Crippen MR) is 77.0 cm³/mol. The highest BCUT2D eigenvalue weighted by molar-refractivity contribution is 14.1. The number of hydrogen-bond acceptors (Lipinski definition) is 4. The van der Waals surface area contributed by atoms with Crippen molar-refractivity contribution >= 4 is 34.2 Å². The molecular weight excluding hydrogens is 368 g/mol. The first-order valence-corrected chi connectivity index (χ1v) is 7.39. The van der Waals surface area contributed by atoms with E-state index in [4.69, 9.17) is 25.8 Å². The van der Waals surface area contributed by atoms with Gasteiger partial charge in [-0.25, -0.2) is 4.98 Å². The molecular formula is C12H15ClINO3. The van der Waals surface area contributed by atoms with Crippen LogP contribution in [0.2, 0.25) is 5.15 Å². The number of ether oxygens (including phenoxy) is 3. The van der Waals surface area contributed by atoms with Crippen molar-refractivity contribution in [3.05, 3.63) is 20.9 Å². The van der Waals surface area contributed by atoms with E-state index in [9.17, 15) is 0 Å². The van der Waals surface area contributed by atoms with E-state index in [0.717, 1.165) is 23.0 Å². The third-order valence-corrected chi connectivity index (χ3v) is 3.33. The van der Waals surface area contributed by atoms with Crippen molar-refractivity contribution in [2.45, 2.75) is 25.6 Å². The Balaban J connectivity index is 1.68. The van der Waals surface area contributed by atoms with Gasteiger partial charge >= 0.3 is 0 Å². The highest BCUT2D eigenvalue weighted by atomic mass is 127. The van der Waals surface area contributed by atoms with Crippen molar-refractivity contribution in [1.82, 2.24) is 4.98 Å². The Kier molecular flexibility index (Phi) is 5.94. The molecule has 0 amide bonds. The SMILES string of the molecule is Clc1cc(I)cc(OCCOC2CCCCO2)n1. The highest BCUT2D eigenvalue weighted by Gasteiger charge is 2.13. The Labute approximate surface area is 125 Å². The van der Waals surface area contributed by atoms with Crippen LogP contribution in [0.5, 0.6) is 5.88 Å². The summed E-state index contributed by atoms with van der Waals surface area (Å²) >= 11 is 8.01. The quantitative estimate of drug-likeness (QED) is 0.445. The molecule has 1 aromatic heterocycles. The van der Waals surface area contributed by atoms with Crippen LogP contribution in [0.25, 0.3) is 0 Å². The van der Waals surface area contributed by atoms with Gasteiger partial charge in [-0.15, -0.1) is 0 Å². The molecule has 0 bridgehead atoms. The van der Waals surface area contributed by atoms with Gasteiger partial charge in [-0.1, -0.05) is 11.6 Å². The normalized spacial score (nSPS) is 19.8. The molecule has 0 N–H and O–H groups in total. The van der Waals surface area contributed by atoms with Crippen LogP contribution in [-0.4, -0.2) is 31.1 Å². The molecule has 0 aliphatic carbocycles. The Bertz CT molecular complexity index is 365. The average Bonchev–Trinajstić information content (AvgIpc) is 2.35. The maximum Gasteiger partial charge on any atom is 0.215 e. The molecule has 1 aromatic rings. The minimum atomic E-state index is -0.0743. The van der Waals surface area contributed by atoms with E-state index in [2.05, 4.69) is 27.6 Å². The zero-order chi connectivity index (χ0) is 12.8. The minimum absolute atomic E-state index is 0.0743. The summed E-state index contributed by atoms with van der Waals surface area (Å²) in [6.07, 6.45) is 3.18. The van der Waals surface area contributed by atoms with Crippen molar-refractivity contribution in [3.8, 4) is 5.88 Å². The molecule has 2 rings (SSSR count). The zero-order valence-corrected chi connectivity index (χ0v) is 12.8. The van der Waals surface area contributed by atoms with Crippen LogP contribution < -0.4 is 4.74 Å². The molecule has 1 aliphatic rings. The molecule has 0 radical (unpaired) electrons. The van der Waals surface area contributed by atoms with Crippen LogP contribution in [0.4, 0.5) is 0 Å². The van der Waals surface area contributed by atoms with Gasteiger partial charge in [-0.2, -0.15) is 0 Å². The molecule has 0 saturated carbocycles. The Morgan fingerprint density at radius 2 is 2.28 bits per heavy atom. The summed E-state index contributed by atoms with van der Waals surface area (Å²) in [5.74, 6) is 0.528. The summed E-state index contributed by atoms with van der Waals surface area (Å²) in [7, 11) is 0.